The predicted octanol–water partition coefficient (Wildman–Crippen LogP) is 6.53. The van der Waals surface area contributed by atoms with E-state index < -0.39 is 6.04 Å². The highest BCUT2D eigenvalue weighted by Crippen LogP contribution is 2.28. The summed E-state index contributed by atoms with van der Waals surface area (Å²) in [4.78, 5) is 28.4. The second kappa shape index (κ2) is 14.0. The lowest BCUT2D eigenvalue weighted by molar-refractivity contribution is -0.139. The van der Waals surface area contributed by atoms with Crippen LogP contribution in [0.15, 0.2) is 48.5 Å². The average molecular weight is 522 g/mol. The van der Waals surface area contributed by atoms with Crippen molar-refractivity contribution >= 4 is 46.8 Å². The highest BCUT2D eigenvalue weighted by molar-refractivity contribution is 7.99. The third kappa shape index (κ3) is 7.93. The Morgan fingerprint density at radius 3 is 2.35 bits per heavy atom. The summed E-state index contributed by atoms with van der Waals surface area (Å²) in [5, 5.41) is 4.43. The Balaban J connectivity index is 1.67. The molecule has 7 heteroatoms. The number of benzene rings is 2. The van der Waals surface area contributed by atoms with Crippen LogP contribution in [0.5, 0.6) is 0 Å². The molecule has 1 N–H and O–H groups in total. The third-order valence-electron chi connectivity index (χ3n) is 6.36. The van der Waals surface area contributed by atoms with Crippen molar-refractivity contribution in [1.82, 2.24) is 10.2 Å². The van der Waals surface area contributed by atoms with Crippen LogP contribution in [0.1, 0.15) is 56.6 Å². The van der Waals surface area contributed by atoms with Gasteiger partial charge in [-0.3, -0.25) is 9.59 Å². The molecule has 1 aliphatic carbocycles. The highest BCUT2D eigenvalue weighted by Gasteiger charge is 2.30. The number of carbonyl (C=O) groups excluding carboxylic acids is 2. The number of thioether (sulfide) groups is 1. The maximum absolute atomic E-state index is 13.4. The molecule has 4 nitrogen and oxygen atoms in total. The van der Waals surface area contributed by atoms with Crippen LogP contribution in [0.4, 0.5) is 0 Å². The zero-order chi connectivity index (χ0) is 24.3. The molecule has 0 heterocycles. The monoisotopic (exact) mass is 520 g/mol. The van der Waals surface area contributed by atoms with Crippen molar-refractivity contribution in [2.24, 2.45) is 0 Å². The number of nitrogens with zero attached hydrogens (tertiary/aromatic N) is 1. The molecule has 2 aromatic rings. The van der Waals surface area contributed by atoms with E-state index in [1.165, 1.54) is 18.2 Å². The molecule has 1 saturated carbocycles. The summed E-state index contributed by atoms with van der Waals surface area (Å²) in [6.45, 7) is 2.48. The summed E-state index contributed by atoms with van der Waals surface area (Å²) < 4.78 is 0. The van der Waals surface area contributed by atoms with E-state index in [4.69, 9.17) is 23.2 Å². The van der Waals surface area contributed by atoms with Gasteiger partial charge in [-0.2, -0.15) is 0 Å². The Morgan fingerprint density at radius 1 is 1.03 bits per heavy atom. The molecule has 0 aromatic heterocycles. The molecule has 34 heavy (non-hydrogen) atoms. The Hall–Kier alpha value is -1.69. The van der Waals surface area contributed by atoms with Gasteiger partial charge in [-0.1, -0.05) is 85.8 Å². The third-order valence-corrected chi connectivity index (χ3v) is 8.01. The maximum atomic E-state index is 13.4. The van der Waals surface area contributed by atoms with E-state index in [9.17, 15) is 9.59 Å². The Bertz CT molecular complexity index is 915. The van der Waals surface area contributed by atoms with Gasteiger partial charge in [0.25, 0.3) is 0 Å². The zero-order valence-electron chi connectivity index (χ0n) is 19.8. The van der Waals surface area contributed by atoms with Crippen LogP contribution in [0.2, 0.25) is 10.0 Å². The highest BCUT2D eigenvalue weighted by atomic mass is 35.5. The number of carbonyl (C=O) groups is 2. The maximum Gasteiger partial charge on any atom is 0.243 e. The van der Waals surface area contributed by atoms with E-state index in [0.29, 0.717) is 35.2 Å². The topological polar surface area (TPSA) is 49.4 Å². The van der Waals surface area contributed by atoms with Crippen molar-refractivity contribution in [3.05, 3.63) is 69.7 Å². The molecule has 0 radical (unpaired) electrons. The van der Waals surface area contributed by atoms with Crippen LogP contribution in [0.3, 0.4) is 0 Å². The summed E-state index contributed by atoms with van der Waals surface area (Å²) in [7, 11) is 0. The van der Waals surface area contributed by atoms with Crippen molar-refractivity contribution in [1.29, 1.82) is 0 Å². The molecule has 0 saturated heterocycles. The lowest BCUT2D eigenvalue weighted by Crippen LogP contribution is -2.52. The zero-order valence-corrected chi connectivity index (χ0v) is 22.1. The molecule has 1 aliphatic rings. The van der Waals surface area contributed by atoms with Gasteiger partial charge in [0.1, 0.15) is 6.04 Å². The number of nitrogens with one attached hydrogen (secondary N) is 1. The predicted molar refractivity (Wildman–Crippen MR) is 144 cm³/mol. The van der Waals surface area contributed by atoms with Crippen molar-refractivity contribution in [3.63, 3.8) is 0 Å². The quantitative estimate of drug-likeness (QED) is 0.366. The van der Waals surface area contributed by atoms with Crippen molar-refractivity contribution in [3.8, 4) is 0 Å². The first-order valence-corrected chi connectivity index (χ1v) is 14.0. The molecule has 2 aromatic carbocycles. The number of halogens is 2. The fourth-order valence-corrected chi connectivity index (χ4v) is 6.08. The van der Waals surface area contributed by atoms with Gasteiger partial charge in [0, 0.05) is 28.4 Å². The molecule has 0 bridgehead atoms. The lowest BCUT2D eigenvalue weighted by Gasteiger charge is -2.32. The smallest absolute Gasteiger partial charge is 0.243 e. The molecule has 1 fully saturated rings. The van der Waals surface area contributed by atoms with Gasteiger partial charge in [-0.25, -0.2) is 0 Å². The largest absolute Gasteiger partial charge is 0.352 e. The van der Waals surface area contributed by atoms with E-state index >= 15 is 0 Å². The summed E-state index contributed by atoms with van der Waals surface area (Å²) in [6.07, 6.45) is 6.88. The number of hydrogen-bond donors (Lipinski definition) is 1. The van der Waals surface area contributed by atoms with E-state index in [1.54, 1.807) is 17.0 Å². The van der Waals surface area contributed by atoms with Gasteiger partial charge in [0.15, 0.2) is 0 Å². The first-order valence-electron chi connectivity index (χ1n) is 12.1. The number of rotatable bonds is 11. The van der Waals surface area contributed by atoms with Crippen LogP contribution in [-0.4, -0.2) is 41.1 Å². The average Bonchev–Trinajstić information content (AvgIpc) is 2.84. The molecule has 184 valence electrons. The molecular weight excluding hydrogens is 487 g/mol. The van der Waals surface area contributed by atoms with Crippen LogP contribution in [-0.2, 0) is 21.8 Å². The number of amides is 2. The van der Waals surface area contributed by atoms with Gasteiger partial charge >= 0.3 is 0 Å². The van der Waals surface area contributed by atoms with Gasteiger partial charge < -0.3 is 10.2 Å². The minimum atomic E-state index is -0.470. The van der Waals surface area contributed by atoms with Gasteiger partial charge in [-0.15, -0.1) is 11.8 Å². The summed E-state index contributed by atoms with van der Waals surface area (Å²) >= 11 is 14.0. The first-order chi connectivity index (χ1) is 16.5. The number of hydrogen-bond acceptors (Lipinski definition) is 3. The normalized spacial score (nSPS) is 15.0. The first kappa shape index (κ1) is 26.9. The second-order valence-electron chi connectivity index (χ2n) is 8.78. The minimum absolute atomic E-state index is 0.0324. The summed E-state index contributed by atoms with van der Waals surface area (Å²) in [5.74, 6) is 0.746. The Labute approximate surface area is 217 Å². The van der Waals surface area contributed by atoms with Crippen molar-refractivity contribution < 1.29 is 9.59 Å². The van der Waals surface area contributed by atoms with Crippen LogP contribution in [0.25, 0.3) is 0 Å². The van der Waals surface area contributed by atoms with Crippen LogP contribution < -0.4 is 5.32 Å². The molecule has 2 amide bonds. The van der Waals surface area contributed by atoms with Crippen molar-refractivity contribution in [2.45, 2.75) is 69.7 Å². The van der Waals surface area contributed by atoms with Crippen LogP contribution in [0, 0.1) is 0 Å². The van der Waals surface area contributed by atoms with E-state index in [0.717, 1.165) is 36.8 Å². The van der Waals surface area contributed by atoms with E-state index in [-0.39, 0.29) is 23.6 Å². The van der Waals surface area contributed by atoms with Crippen LogP contribution >= 0.6 is 35.0 Å². The standard InChI is InChI=1S/C27H34Cl2N2O2S/c1-2-25(27(33)30-21-12-7-4-8-13-21)31(17-16-20-10-5-3-6-11-20)26(32)19-34-18-22-23(28)14-9-15-24(22)29/h3,5-6,9-11,14-15,21,25H,2,4,7-8,12-13,16-19H2,1H3,(H,30,33). The SMILES string of the molecule is CCC(C(=O)NC1CCCCC1)N(CCc1ccccc1)C(=O)CSCc1c(Cl)cccc1Cl. The summed E-state index contributed by atoms with van der Waals surface area (Å²) in [6, 6.07) is 15.3. The molecule has 1 unspecified atom stereocenters. The minimum Gasteiger partial charge on any atom is -0.352 e. The summed E-state index contributed by atoms with van der Waals surface area (Å²) in [5.41, 5.74) is 1.99. The Morgan fingerprint density at radius 2 is 1.71 bits per heavy atom. The molecular formula is C27H34Cl2N2O2S. The molecule has 3 rings (SSSR count). The van der Waals surface area contributed by atoms with Gasteiger partial charge in [-0.05, 0) is 48.9 Å². The fraction of sp³-hybridized carbons (Fsp3) is 0.481. The molecule has 1 atom stereocenters. The lowest BCUT2D eigenvalue weighted by atomic mass is 9.95. The molecule has 0 aliphatic heterocycles. The molecule has 0 spiro atoms. The second-order valence-corrected chi connectivity index (χ2v) is 10.6. The van der Waals surface area contributed by atoms with E-state index in [1.807, 2.05) is 31.2 Å². The van der Waals surface area contributed by atoms with E-state index in [2.05, 4.69) is 17.4 Å². The van der Waals surface area contributed by atoms with Crippen molar-refractivity contribution in [2.75, 3.05) is 12.3 Å². The van der Waals surface area contributed by atoms with Gasteiger partial charge in [0.05, 0.1) is 5.75 Å². The fourth-order valence-electron chi connectivity index (χ4n) is 4.43. The van der Waals surface area contributed by atoms with Gasteiger partial charge in [0.2, 0.25) is 11.8 Å². The Kier molecular flexibility index (Phi) is 11.1.